The molecule has 0 bridgehead atoms. The van der Waals surface area contributed by atoms with E-state index in [1.54, 1.807) is 28.6 Å². The van der Waals surface area contributed by atoms with Crippen LogP contribution >= 0.6 is 0 Å². The molecule has 2 aliphatic rings. The number of aryl methyl sites for hydroxylation is 2. The summed E-state index contributed by atoms with van der Waals surface area (Å²) in [5.41, 5.74) is 2.81. The summed E-state index contributed by atoms with van der Waals surface area (Å²) in [6.07, 6.45) is 11.1. The maximum atomic E-state index is 13.1. The van der Waals surface area contributed by atoms with E-state index in [4.69, 9.17) is 4.74 Å². The summed E-state index contributed by atoms with van der Waals surface area (Å²) in [6, 6.07) is 8.19. The number of hydrogen-bond donors (Lipinski definition) is 0. The van der Waals surface area contributed by atoms with Crippen molar-refractivity contribution in [3.63, 3.8) is 0 Å². The van der Waals surface area contributed by atoms with Crippen LogP contribution in [0.15, 0.2) is 53.8 Å². The molecule has 0 spiro atoms. The molecule has 8 heteroatoms. The zero-order chi connectivity index (χ0) is 22.8. The van der Waals surface area contributed by atoms with Crippen molar-refractivity contribution in [2.75, 3.05) is 45.2 Å². The van der Waals surface area contributed by atoms with Crippen molar-refractivity contribution in [2.24, 2.45) is 0 Å². The van der Waals surface area contributed by atoms with Crippen LogP contribution < -0.4 is 10.6 Å². The maximum Gasteiger partial charge on any atom is 0.332 e. The Bertz CT molecular complexity index is 1130. The smallest absolute Gasteiger partial charge is 0.332 e. The van der Waals surface area contributed by atoms with E-state index in [9.17, 15) is 4.79 Å². The zero-order valence-electron chi connectivity index (χ0n) is 19.5. The number of hydrogen-bond acceptors (Lipinski definition) is 6. The van der Waals surface area contributed by atoms with Gasteiger partial charge < -0.3 is 14.5 Å². The van der Waals surface area contributed by atoms with Gasteiger partial charge in [-0.05, 0) is 44.0 Å². The average molecular weight is 449 g/mol. The third kappa shape index (κ3) is 4.20. The van der Waals surface area contributed by atoms with Crippen LogP contribution in [0, 0.1) is 0 Å². The van der Waals surface area contributed by atoms with Gasteiger partial charge >= 0.3 is 5.69 Å². The Morgan fingerprint density at radius 3 is 2.39 bits per heavy atom. The second-order valence-electron chi connectivity index (χ2n) is 9.11. The number of aromatic nitrogens is 4. The molecular weight excluding hydrogens is 416 g/mol. The number of likely N-dealkylation sites (N-methyl/N-ethyl adjacent to an activating group) is 1. The van der Waals surface area contributed by atoms with E-state index in [1.807, 2.05) is 24.5 Å². The molecule has 5 rings (SSSR count). The summed E-state index contributed by atoms with van der Waals surface area (Å²) < 4.78 is 9.22. The van der Waals surface area contributed by atoms with Crippen molar-refractivity contribution in [2.45, 2.75) is 37.8 Å². The van der Waals surface area contributed by atoms with E-state index in [0.717, 1.165) is 56.2 Å². The molecular formula is C25H32N6O2. The molecule has 0 atom stereocenters. The first-order chi connectivity index (χ1) is 16.1. The second kappa shape index (κ2) is 9.11. The molecule has 1 saturated carbocycles. The molecule has 0 amide bonds. The normalized spacial score (nSPS) is 18.3. The first kappa shape index (κ1) is 21.9. The molecule has 8 nitrogen and oxygen atoms in total. The van der Waals surface area contributed by atoms with E-state index in [2.05, 4.69) is 38.9 Å². The predicted octanol–water partition coefficient (Wildman–Crippen LogP) is 2.45. The standard InChI is InChI=1S/C25H32N6O2/c1-28-14-16-29(17-15-28)23-22(26-11-12-27-23)8-13-30-18-19-31(24(30)32)21-6-4-20(5-7-21)25(33-2)9-3-10-25/h4-7,11-12,18-19H,3,8-10,13-17H2,1-2H3. The molecule has 2 fully saturated rings. The lowest BCUT2D eigenvalue weighted by Gasteiger charge is -2.41. The van der Waals surface area contributed by atoms with Crippen LogP contribution in [-0.4, -0.2) is 64.3 Å². The van der Waals surface area contributed by atoms with Crippen molar-refractivity contribution in [1.82, 2.24) is 24.0 Å². The highest BCUT2D eigenvalue weighted by molar-refractivity contribution is 5.43. The Hall–Kier alpha value is -2.97. The topological polar surface area (TPSA) is 68.4 Å². The van der Waals surface area contributed by atoms with E-state index in [0.29, 0.717) is 13.0 Å². The van der Waals surface area contributed by atoms with Crippen LogP contribution in [-0.2, 0) is 23.3 Å². The van der Waals surface area contributed by atoms with Crippen LogP contribution in [0.1, 0.15) is 30.5 Å². The molecule has 174 valence electrons. The zero-order valence-corrected chi connectivity index (χ0v) is 19.5. The van der Waals surface area contributed by atoms with Gasteiger partial charge in [0, 0.05) is 71.0 Å². The molecule has 1 saturated heterocycles. The minimum atomic E-state index is -0.145. The van der Waals surface area contributed by atoms with Gasteiger partial charge in [-0.3, -0.25) is 14.1 Å². The predicted molar refractivity (Wildman–Crippen MR) is 128 cm³/mol. The fourth-order valence-electron chi connectivity index (χ4n) is 4.86. The van der Waals surface area contributed by atoms with E-state index < -0.39 is 0 Å². The number of benzene rings is 1. The lowest BCUT2D eigenvalue weighted by atomic mass is 9.75. The summed E-state index contributed by atoms with van der Waals surface area (Å²) in [7, 11) is 3.92. The van der Waals surface area contributed by atoms with Crippen molar-refractivity contribution >= 4 is 5.82 Å². The number of nitrogens with zero attached hydrogens (tertiary/aromatic N) is 6. The fourth-order valence-corrected chi connectivity index (χ4v) is 4.86. The number of methoxy groups -OCH3 is 1. The number of piperazine rings is 1. The highest BCUT2D eigenvalue weighted by Gasteiger charge is 2.38. The monoisotopic (exact) mass is 448 g/mol. The van der Waals surface area contributed by atoms with Crippen LogP contribution in [0.25, 0.3) is 5.69 Å². The van der Waals surface area contributed by atoms with Crippen molar-refractivity contribution in [1.29, 1.82) is 0 Å². The van der Waals surface area contributed by atoms with Crippen LogP contribution in [0.5, 0.6) is 0 Å². The van der Waals surface area contributed by atoms with Gasteiger partial charge in [-0.15, -0.1) is 0 Å². The maximum absolute atomic E-state index is 13.1. The SMILES string of the molecule is COC1(c2ccc(-n3ccn(CCc4nccnc4N4CCN(C)CC4)c3=O)cc2)CCC1. The lowest BCUT2D eigenvalue weighted by Crippen LogP contribution is -2.45. The van der Waals surface area contributed by atoms with Gasteiger partial charge in [0.1, 0.15) is 5.82 Å². The van der Waals surface area contributed by atoms with Crippen LogP contribution in [0.3, 0.4) is 0 Å². The summed E-state index contributed by atoms with van der Waals surface area (Å²) in [5, 5.41) is 0. The van der Waals surface area contributed by atoms with Gasteiger partial charge in [-0.1, -0.05) is 12.1 Å². The van der Waals surface area contributed by atoms with Gasteiger partial charge in [-0.2, -0.15) is 0 Å². The fraction of sp³-hybridized carbons (Fsp3) is 0.480. The third-order valence-corrected chi connectivity index (χ3v) is 7.22. The molecule has 2 aromatic heterocycles. The quantitative estimate of drug-likeness (QED) is 0.553. The van der Waals surface area contributed by atoms with Crippen LogP contribution in [0.4, 0.5) is 5.82 Å². The summed E-state index contributed by atoms with van der Waals surface area (Å²) in [5.74, 6) is 0.941. The van der Waals surface area contributed by atoms with Gasteiger partial charge in [-0.25, -0.2) is 9.78 Å². The Kier molecular flexibility index (Phi) is 6.03. The van der Waals surface area contributed by atoms with Gasteiger partial charge in [0.25, 0.3) is 0 Å². The molecule has 3 aromatic rings. The van der Waals surface area contributed by atoms with Crippen molar-refractivity contribution in [3.8, 4) is 5.69 Å². The number of ether oxygens (including phenoxy) is 1. The number of imidazole rings is 1. The Morgan fingerprint density at radius 1 is 1.00 bits per heavy atom. The molecule has 1 aliphatic heterocycles. The van der Waals surface area contributed by atoms with E-state index in [1.165, 1.54) is 12.0 Å². The van der Waals surface area contributed by atoms with Gasteiger partial charge in [0.05, 0.1) is 17.0 Å². The van der Waals surface area contributed by atoms with Crippen molar-refractivity contribution < 1.29 is 4.74 Å². The minimum absolute atomic E-state index is 0.0436. The Morgan fingerprint density at radius 2 is 1.73 bits per heavy atom. The van der Waals surface area contributed by atoms with Gasteiger partial charge in [0.2, 0.25) is 0 Å². The van der Waals surface area contributed by atoms with Crippen LogP contribution in [0.2, 0.25) is 0 Å². The molecule has 0 radical (unpaired) electrons. The number of rotatable bonds is 7. The molecule has 1 aliphatic carbocycles. The van der Waals surface area contributed by atoms with Crippen molar-refractivity contribution in [3.05, 3.63) is 70.8 Å². The first-order valence-corrected chi connectivity index (χ1v) is 11.8. The molecule has 33 heavy (non-hydrogen) atoms. The molecule has 3 heterocycles. The number of anilines is 1. The molecule has 0 N–H and O–H groups in total. The highest BCUT2D eigenvalue weighted by Crippen LogP contribution is 2.44. The van der Waals surface area contributed by atoms with E-state index >= 15 is 0 Å². The summed E-state index contributed by atoms with van der Waals surface area (Å²) in [4.78, 5) is 26.9. The molecule has 1 aromatic carbocycles. The summed E-state index contributed by atoms with van der Waals surface area (Å²) >= 11 is 0. The summed E-state index contributed by atoms with van der Waals surface area (Å²) in [6.45, 7) is 4.49. The molecule has 0 unspecified atom stereocenters. The average Bonchev–Trinajstić information content (AvgIpc) is 3.19. The highest BCUT2D eigenvalue weighted by atomic mass is 16.5. The van der Waals surface area contributed by atoms with Gasteiger partial charge in [0.15, 0.2) is 0 Å². The second-order valence-corrected chi connectivity index (χ2v) is 9.11. The third-order valence-electron chi connectivity index (χ3n) is 7.22. The first-order valence-electron chi connectivity index (χ1n) is 11.8. The Balaban J connectivity index is 1.30. The Labute approximate surface area is 194 Å². The minimum Gasteiger partial charge on any atom is -0.374 e. The van der Waals surface area contributed by atoms with E-state index in [-0.39, 0.29) is 11.3 Å². The largest absolute Gasteiger partial charge is 0.374 e. The lowest BCUT2D eigenvalue weighted by molar-refractivity contribution is -0.0778.